The molecule has 2 heterocycles. The van der Waals surface area contributed by atoms with Crippen LogP contribution in [0.1, 0.15) is 25.0 Å². The molecule has 12 aromatic carbocycles. The number of benzene rings is 12. The predicted octanol–water partition coefficient (Wildman–Crippen LogP) is 20.7. The van der Waals surface area contributed by atoms with Gasteiger partial charge < -0.3 is 14.4 Å². The molecule has 3 nitrogen and oxygen atoms in total. The lowest BCUT2D eigenvalue weighted by atomic mass is 9.74. The molecule has 0 aliphatic carbocycles. The summed E-state index contributed by atoms with van der Waals surface area (Å²) in [6.45, 7) is 4.79. The molecule has 0 bridgehead atoms. The van der Waals surface area contributed by atoms with Crippen molar-refractivity contribution in [3.05, 3.63) is 308 Å². The molecule has 3 heteroatoms. The summed E-state index contributed by atoms with van der Waals surface area (Å²) in [5, 5.41) is 2.50. The topological polar surface area (TPSA) is 11.4 Å². The molecule has 14 rings (SSSR count). The highest BCUT2D eigenvalue weighted by Gasteiger charge is 2.36. The van der Waals surface area contributed by atoms with Crippen molar-refractivity contribution in [3.8, 4) is 61.3 Å². The van der Waals surface area contributed by atoms with E-state index in [1.807, 2.05) is 0 Å². The van der Waals surface area contributed by atoms with Crippen LogP contribution in [0.25, 0.3) is 83.1 Å². The van der Waals surface area contributed by atoms with E-state index in [1.54, 1.807) is 0 Å². The van der Waals surface area contributed by atoms with E-state index >= 15 is 0 Å². The van der Waals surface area contributed by atoms with E-state index in [0.29, 0.717) is 0 Å². The highest BCUT2D eigenvalue weighted by molar-refractivity contribution is 6.13. The lowest BCUT2D eigenvalue weighted by Gasteiger charge is -2.35. The van der Waals surface area contributed by atoms with Crippen LogP contribution in [0.5, 0.6) is 0 Å². The van der Waals surface area contributed by atoms with Crippen molar-refractivity contribution in [3.63, 3.8) is 0 Å². The zero-order valence-electron chi connectivity index (χ0n) is 43.6. The van der Waals surface area contributed by atoms with E-state index in [0.717, 1.165) is 45.3 Å². The van der Waals surface area contributed by atoms with Gasteiger partial charge in [0.15, 0.2) is 0 Å². The van der Waals surface area contributed by atoms with Crippen LogP contribution in [0, 0.1) is 0 Å². The Bertz CT molecular complexity index is 3920. The predicted molar refractivity (Wildman–Crippen MR) is 329 cm³/mol. The lowest BCUT2D eigenvalue weighted by molar-refractivity contribution is 0.630. The lowest BCUT2D eigenvalue weighted by Crippen LogP contribution is -2.26. The molecule has 0 saturated heterocycles. The number of fused-ring (bicyclic) bond motifs is 5. The van der Waals surface area contributed by atoms with Crippen LogP contribution in [0.4, 0.5) is 34.1 Å². The summed E-state index contributed by atoms with van der Waals surface area (Å²) in [5.74, 6) is 0. The van der Waals surface area contributed by atoms with Gasteiger partial charge in [-0.05, 0) is 158 Å². The summed E-state index contributed by atoms with van der Waals surface area (Å²) in [5.41, 5.74) is 24.1. The largest absolute Gasteiger partial charge is 0.310 e. The van der Waals surface area contributed by atoms with Gasteiger partial charge in [-0.1, -0.05) is 220 Å². The number of aromatic nitrogens is 1. The molecular weight excluding hydrogens is 943 g/mol. The highest BCUT2D eigenvalue weighted by Crippen LogP contribution is 2.51. The van der Waals surface area contributed by atoms with Crippen LogP contribution >= 0.6 is 0 Å². The minimum absolute atomic E-state index is 0.282. The van der Waals surface area contributed by atoms with Crippen LogP contribution in [-0.4, -0.2) is 4.57 Å². The monoisotopic (exact) mass is 997 g/mol. The Morgan fingerprint density at radius 3 is 1.03 bits per heavy atom. The van der Waals surface area contributed by atoms with Gasteiger partial charge >= 0.3 is 0 Å². The van der Waals surface area contributed by atoms with Crippen molar-refractivity contribution < 1.29 is 0 Å². The van der Waals surface area contributed by atoms with Crippen molar-refractivity contribution >= 4 is 55.9 Å². The van der Waals surface area contributed by atoms with Gasteiger partial charge in [0.05, 0.1) is 16.7 Å². The van der Waals surface area contributed by atoms with Gasteiger partial charge in [-0.25, -0.2) is 0 Å². The van der Waals surface area contributed by atoms with E-state index in [4.69, 9.17) is 0 Å². The van der Waals surface area contributed by atoms with Gasteiger partial charge in [0.1, 0.15) is 0 Å². The standard InChI is InChI=1S/C75H55N3/c1-75(2)70-28-16-18-30-73(70)78-72-29-17-15-27-68(72)69-49-61(50-71(75)74(69)78)60-47-66(76(62-39-31-56(32-40-62)52-19-7-3-8-20-52)63-41-33-57(34-42-63)53-21-9-4-10-22-53)51-67(48-60)77(64-43-35-58(36-44-64)54-23-11-5-12-24-54)65-45-37-59(38-46-65)55-25-13-6-14-26-55/h3-51H,1-2H3. The van der Waals surface area contributed by atoms with Crippen LogP contribution < -0.4 is 9.80 Å². The van der Waals surface area contributed by atoms with Gasteiger partial charge in [-0.15, -0.1) is 0 Å². The maximum atomic E-state index is 2.51. The second-order valence-corrected chi connectivity index (χ2v) is 21.0. The fraction of sp³-hybridized carbons (Fsp3) is 0.0400. The summed E-state index contributed by atoms with van der Waals surface area (Å²) < 4.78 is 2.51. The molecule has 13 aromatic rings. The maximum Gasteiger partial charge on any atom is 0.0582 e. The minimum atomic E-state index is -0.282. The van der Waals surface area contributed by atoms with Crippen molar-refractivity contribution in [2.45, 2.75) is 19.3 Å². The molecule has 0 radical (unpaired) electrons. The molecule has 370 valence electrons. The smallest absolute Gasteiger partial charge is 0.0582 e. The SMILES string of the molecule is CC1(C)c2ccccc2-n2c3ccccc3c3cc(-c4cc(N(c5ccc(-c6ccccc6)cc5)c5ccc(-c6ccccc6)cc5)cc(N(c5ccc(-c6ccccc6)cc5)c5ccc(-c6ccccc6)cc5)c4)cc1c32. The number of hydrogen-bond donors (Lipinski definition) is 0. The molecule has 0 fully saturated rings. The Morgan fingerprint density at radius 2 is 0.603 bits per heavy atom. The van der Waals surface area contributed by atoms with Crippen LogP contribution in [0.15, 0.2) is 297 Å². The van der Waals surface area contributed by atoms with E-state index in [9.17, 15) is 0 Å². The fourth-order valence-corrected chi connectivity index (χ4v) is 12.0. The third-order valence-corrected chi connectivity index (χ3v) is 15.9. The first-order valence-electron chi connectivity index (χ1n) is 27.0. The summed E-state index contributed by atoms with van der Waals surface area (Å²) in [7, 11) is 0. The number of para-hydroxylation sites is 2. The molecule has 0 unspecified atom stereocenters. The first-order chi connectivity index (χ1) is 38.4. The first kappa shape index (κ1) is 46.6. The second kappa shape index (κ2) is 19.3. The second-order valence-electron chi connectivity index (χ2n) is 21.0. The molecular formula is C75H55N3. The van der Waals surface area contributed by atoms with Crippen LogP contribution in [-0.2, 0) is 5.41 Å². The summed E-state index contributed by atoms with van der Waals surface area (Å²) in [6, 6.07) is 109. The summed E-state index contributed by atoms with van der Waals surface area (Å²) >= 11 is 0. The average Bonchev–Trinajstić information content (AvgIpc) is 3.96. The number of rotatable bonds is 11. The van der Waals surface area contributed by atoms with E-state index in [1.165, 1.54) is 83.1 Å². The highest BCUT2D eigenvalue weighted by atomic mass is 15.2. The number of anilines is 6. The molecule has 0 spiro atoms. The molecule has 0 atom stereocenters. The molecule has 1 aliphatic heterocycles. The molecule has 0 amide bonds. The van der Waals surface area contributed by atoms with Crippen molar-refractivity contribution in [2.24, 2.45) is 0 Å². The van der Waals surface area contributed by atoms with Gasteiger partial charge in [-0.3, -0.25) is 0 Å². The van der Waals surface area contributed by atoms with Crippen LogP contribution in [0.2, 0.25) is 0 Å². The average molecular weight is 998 g/mol. The summed E-state index contributed by atoms with van der Waals surface area (Å²) in [4.78, 5) is 4.86. The zero-order valence-corrected chi connectivity index (χ0v) is 43.6. The van der Waals surface area contributed by atoms with Crippen molar-refractivity contribution in [1.29, 1.82) is 0 Å². The Morgan fingerprint density at radius 1 is 0.256 bits per heavy atom. The Hall–Kier alpha value is -9.96. The zero-order chi connectivity index (χ0) is 52.2. The van der Waals surface area contributed by atoms with Gasteiger partial charge in [0, 0.05) is 50.3 Å². The molecule has 78 heavy (non-hydrogen) atoms. The Kier molecular flexibility index (Phi) is 11.5. The fourth-order valence-electron chi connectivity index (χ4n) is 12.0. The molecule has 0 saturated carbocycles. The van der Waals surface area contributed by atoms with E-state index in [2.05, 4.69) is 325 Å². The van der Waals surface area contributed by atoms with E-state index in [-0.39, 0.29) is 5.41 Å². The molecule has 0 N–H and O–H groups in total. The summed E-state index contributed by atoms with van der Waals surface area (Å²) in [6.07, 6.45) is 0. The normalized spacial score (nSPS) is 12.3. The number of nitrogens with zero attached hydrogens (tertiary/aromatic N) is 3. The molecule has 1 aromatic heterocycles. The van der Waals surface area contributed by atoms with Crippen molar-refractivity contribution in [1.82, 2.24) is 4.57 Å². The quantitative estimate of drug-likeness (QED) is 0.128. The van der Waals surface area contributed by atoms with Gasteiger partial charge in [0.2, 0.25) is 0 Å². The van der Waals surface area contributed by atoms with Crippen molar-refractivity contribution in [2.75, 3.05) is 9.80 Å². The van der Waals surface area contributed by atoms with Gasteiger partial charge in [-0.2, -0.15) is 0 Å². The molecule has 1 aliphatic rings. The maximum absolute atomic E-state index is 2.51. The first-order valence-corrected chi connectivity index (χ1v) is 27.0. The number of hydrogen-bond acceptors (Lipinski definition) is 2. The van der Waals surface area contributed by atoms with Crippen LogP contribution in [0.3, 0.4) is 0 Å². The Labute approximate surface area is 456 Å². The van der Waals surface area contributed by atoms with Gasteiger partial charge in [0.25, 0.3) is 0 Å². The minimum Gasteiger partial charge on any atom is -0.310 e. The van der Waals surface area contributed by atoms with E-state index < -0.39 is 0 Å². The third-order valence-electron chi connectivity index (χ3n) is 15.9. The Balaban J connectivity index is 1.03. The third kappa shape index (κ3) is 8.25.